The predicted molar refractivity (Wildman–Crippen MR) is 108 cm³/mol. The third-order valence-corrected chi connectivity index (χ3v) is 9.10. The number of para-hydroxylation sites is 1. The van der Waals surface area contributed by atoms with Gasteiger partial charge >= 0.3 is 0 Å². The molecular weight excluding hydrogens is 383 g/mol. The highest BCUT2D eigenvalue weighted by Gasteiger charge is 2.38. The van der Waals surface area contributed by atoms with Crippen molar-refractivity contribution in [2.75, 3.05) is 13.1 Å². The van der Waals surface area contributed by atoms with E-state index in [0.29, 0.717) is 24.1 Å². The van der Waals surface area contributed by atoms with Crippen LogP contribution in [0.3, 0.4) is 0 Å². The van der Waals surface area contributed by atoms with Gasteiger partial charge in [-0.25, -0.2) is 0 Å². The van der Waals surface area contributed by atoms with Crippen LogP contribution in [0.1, 0.15) is 26.2 Å². The fourth-order valence-corrected chi connectivity index (χ4v) is 7.10. The van der Waals surface area contributed by atoms with Crippen LogP contribution in [0.5, 0.6) is 5.75 Å². The summed E-state index contributed by atoms with van der Waals surface area (Å²) in [6.45, 7) is 2.56. The van der Waals surface area contributed by atoms with Crippen molar-refractivity contribution in [2.24, 2.45) is 0 Å². The molecule has 1 aliphatic rings. The minimum Gasteiger partial charge on any atom is -0.439 e. The van der Waals surface area contributed by atoms with Gasteiger partial charge in [-0.1, -0.05) is 42.8 Å². The number of nitrogens with one attached hydrogen (secondary N) is 1. The second kappa shape index (κ2) is 8.57. The molecule has 146 valence electrons. The molecule has 2 unspecified atom stereocenters. The maximum Gasteiger partial charge on any atom is 0.294 e. The van der Waals surface area contributed by atoms with E-state index in [0.717, 1.165) is 19.3 Å². The molecule has 1 saturated heterocycles. The Balaban J connectivity index is 1.89. The quantitative estimate of drug-likeness (QED) is 0.713. The van der Waals surface area contributed by atoms with Crippen molar-refractivity contribution >= 4 is 22.9 Å². The lowest BCUT2D eigenvalue weighted by molar-refractivity contribution is 0.340. The zero-order valence-electron chi connectivity index (χ0n) is 15.3. The zero-order valence-corrected chi connectivity index (χ0v) is 17.0. The number of nitrogens with zero attached hydrogens (tertiary/aromatic N) is 1. The SMILES string of the molecule is CC(NS(=O)(=O)N1CCCCC1)P(=O)(Oc1ccccc1)c1ccccc1. The molecule has 0 aliphatic carbocycles. The molecule has 3 rings (SSSR count). The van der Waals surface area contributed by atoms with Crippen LogP contribution in [-0.4, -0.2) is 31.6 Å². The van der Waals surface area contributed by atoms with Gasteiger partial charge in [0.2, 0.25) is 0 Å². The van der Waals surface area contributed by atoms with Gasteiger partial charge in [0.25, 0.3) is 17.6 Å². The molecule has 2 atom stereocenters. The van der Waals surface area contributed by atoms with E-state index in [1.54, 1.807) is 55.5 Å². The highest BCUT2D eigenvalue weighted by molar-refractivity contribution is 7.87. The molecule has 0 aromatic heterocycles. The Bertz CT molecular complexity index is 884. The monoisotopic (exact) mass is 408 g/mol. The molecule has 1 heterocycles. The van der Waals surface area contributed by atoms with Crippen LogP contribution in [0.15, 0.2) is 60.7 Å². The number of rotatable bonds is 7. The van der Waals surface area contributed by atoms with E-state index >= 15 is 0 Å². The molecule has 2 aromatic rings. The molecule has 0 saturated carbocycles. The van der Waals surface area contributed by atoms with Crippen LogP contribution in [0.4, 0.5) is 0 Å². The van der Waals surface area contributed by atoms with Gasteiger partial charge in [0.05, 0.1) is 0 Å². The van der Waals surface area contributed by atoms with Crippen LogP contribution >= 0.6 is 7.37 Å². The average molecular weight is 408 g/mol. The summed E-state index contributed by atoms with van der Waals surface area (Å²) in [7, 11) is -7.28. The summed E-state index contributed by atoms with van der Waals surface area (Å²) < 4.78 is 49.3. The first-order chi connectivity index (χ1) is 12.9. The van der Waals surface area contributed by atoms with E-state index in [1.165, 1.54) is 4.31 Å². The number of hydrogen-bond donors (Lipinski definition) is 1. The van der Waals surface area contributed by atoms with Crippen molar-refractivity contribution in [3.63, 3.8) is 0 Å². The standard InChI is InChI=1S/C19H25N2O4PS/c1-17(20-27(23,24)21-15-9-4-10-16-21)26(22,19-13-7-3-8-14-19)25-18-11-5-2-6-12-18/h2-3,5-8,11-14,17,20H,4,9-10,15-16H2,1H3. The second-order valence-corrected chi connectivity index (χ2v) is 11.0. The van der Waals surface area contributed by atoms with Crippen molar-refractivity contribution in [3.05, 3.63) is 60.7 Å². The Morgan fingerprint density at radius 2 is 1.52 bits per heavy atom. The normalized spacial score (nSPS) is 19.1. The van der Waals surface area contributed by atoms with E-state index < -0.39 is 23.4 Å². The van der Waals surface area contributed by atoms with Crippen LogP contribution < -0.4 is 14.6 Å². The first-order valence-corrected chi connectivity index (χ1v) is 12.2. The third kappa shape index (κ3) is 4.79. The molecule has 0 bridgehead atoms. The van der Waals surface area contributed by atoms with Gasteiger partial charge in [-0.2, -0.15) is 17.4 Å². The molecule has 27 heavy (non-hydrogen) atoms. The second-order valence-electron chi connectivity index (χ2n) is 6.60. The van der Waals surface area contributed by atoms with Gasteiger partial charge < -0.3 is 4.52 Å². The Morgan fingerprint density at radius 1 is 0.963 bits per heavy atom. The minimum absolute atomic E-state index is 0.439. The Hall–Kier alpha value is -1.66. The Kier molecular flexibility index (Phi) is 6.37. The molecule has 0 spiro atoms. The van der Waals surface area contributed by atoms with Crippen molar-refractivity contribution in [2.45, 2.75) is 32.0 Å². The largest absolute Gasteiger partial charge is 0.439 e. The number of hydrogen-bond acceptors (Lipinski definition) is 4. The smallest absolute Gasteiger partial charge is 0.294 e. The van der Waals surface area contributed by atoms with Crippen molar-refractivity contribution in [3.8, 4) is 5.75 Å². The summed E-state index contributed by atoms with van der Waals surface area (Å²) in [5.74, 6) is -0.472. The zero-order chi connectivity index (χ0) is 19.3. The van der Waals surface area contributed by atoms with E-state index in [-0.39, 0.29) is 0 Å². The van der Waals surface area contributed by atoms with Crippen molar-refractivity contribution in [1.82, 2.24) is 9.03 Å². The van der Waals surface area contributed by atoms with Gasteiger partial charge in [-0.05, 0) is 44.0 Å². The molecule has 0 amide bonds. The molecule has 1 N–H and O–H groups in total. The summed E-state index contributed by atoms with van der Waals surface area (Å²) in [5, 5.41) is 0.475. The highest BCUT2D eigenvalue weighted by Crippen LogP contribution is 2.49. The first kappa shape index (κ1) is 20.1. The first-order valence-electron chi connectivity index (χ1n) is 9.09. The summed E-state index contributed by atoms with van der Waals surface area (Å²) in [6.07, 6.45) is 2.71. The topological polar surface area (TPSA) is 75.7 Å². The lowest BCUT2D eigenvalue weighted by Crippen LogP contribution is -2.47. The molecule has 2 aromatic carbocycles. The summed E-state index contributed by atoms with van der Waals surface area (Å²) in [5.41, 5.74) is 0. The molecule has 1 aliphatic heterocycles. The lowest BCUT2D eigenvalue weighted by atomic mass is 10.2. The van der Waals surface area contributed by atoms with E-state index in [1.807, 2.05) is 12.1 Å². The van der Waals surface area contributed by atoms with Gasteiger partial charge in [0.15, 0.2) is 0 Å². The van der Waals surface area contributed by atoms with E-state index in [4.69, 9.17) is 4.52 Å². The van der Waals surface area contributed by atoms with Gasteiger partial charge in [0, 0.05) is 18.4 Å². The molecular formula is C19H25N2O4PS. The average Bonchev–Trinajstić information content (AvgIpc) is 2.69. The van der Waals surface area contributed by atoms with Crippen molar-refractivity contribution < 1.29 is 17.5 Å². The Labute approximate surface area is 161 Å². The van der Waals surface area contributed by atoms with Crippen LogP contribution in [0.2, 0.25) is 0 Å². The lowest BCUT2D eigenvalue weighted by Gasteiger charge is -2.30. The van der Waals surface area contributed by atoms with Gasteiger partial charge in [-0.3, -0.25) is 4.57 Å². The Morgan fingerprint density at radius 3 is 2.11 bits per heavy atom. The van der Waals surface area contributed by atoms with Crippen LogP contribution in [-0.2, 0) is 14.8 Å². The maximum atomic E-state index is 13.9. The number of benzene rings is 2. The molecule has 6 nitrogen and oxygen atoms in total. The van der Waals surface area contributed by atoms with Gasteiger partial charge in [0.1, 0.15) is 11.5 Å². The maximum absolute atomic E-state index is 13.9. The predicted octanol–water partition coefficient (Wildman–Crippen LogP) is 3.34. The number of piperidine rings is 1. The fraction of sp³-hybridized carbons (Fsp3) is 0.368. The summed E-state index contributed by atoms with van der Waals surface area (Å²) in [6, 6.07) is 17.6. The van der Waals surface area contributed by atoms with E-state index in [2.05, 4.69) is 4.72 Å². The molecule has 8 heteroatoms. The third-order valence-electron chi connectivity index (χ3n) is 4.58. The van der Waals surface area contributed by atoms with E-state index in [9.17, 15) is 13.0 Å². The summed E-state index contributed by atoms with van der Waals surface area (Å²) >= 11 is 0. The van der Waals surface area contributed by atoms with Crippen LogP contribution in [0.25, 0.3) is 0 Å². The minimum atomic E-state index is -3.73. The fourth-order valence-electron chi connectivity index (χ4n) is 3.09. The molecule has 1 fully saturated rings. The van der Waals surface area contributed by atoms with Crippen molar-refractivity contribution in [1.29, 1.82) is 0 Å². The summed E-state index contributed by atoms with van der Waals surface area (Å²) in [4.78, 5) is 0. The van der Waals surface area contributed by atoms with Crippen LogP contribution in [0, 0.1) is 0 Å². The molecule has 0 radical (unpaired) electrons. The van der Waals surface area contributed by atoms with Gasteiger partial charge in [-0.15, -0.1) is 0 Å². The highest BCUT2D eigenvalue weighted by atomic mass is 32.2.